The summed E-state index contributed by atoms with van der Waals surface area (Å²) >= 11 is 0. The summed E-state index contributed by atoms with van der Waals surface area (Å²) in [6.45, 7) is 4.25. The second kappa shape index (κ2) is 10.9. The summed E-state index contributed by atoms with van der Waals surface area (Å²) in [5, 5.41) is 8.36. The lowest BCUT2D eigenvalue weighted by atomic mass is 10.0. The average Bonchev–Trinajstić information content (AvgIpc) is 2.82. The molecule has 3 aromatic carbocycles. The summed E-state index contributed by atoms with van der Waals surface area (Å²) < 4.78 is 0. The molecule has 0 unspecified atom stereocenters. The summed E-state index contributed by atoms with van der Waals surface area (Å²) in [6.07, 6.45) is 0. The maximum absolute atomic E-state index is 12.3. The monoisotopic (exact) mass is 429 g/mol. The minimum atomic E-state index is -0.242. The van der Waals surface area contributed by atoms with Crippen molar-refractivity contribution in [1.82, 2.24) is 10.6 Å². The van der Waals surface area contributed by atoms with E-state index in [0.717, 1.165) is 11.1 Å². The quantitative estimate of drug-likeness (QED) is 0.471. The van der Waals surface area contributed by atoms with Gasteiger partial charge < -0.3 is 16.0 Å². The van der Waals surface area contributed by atoms with Crippen LogP contribution in [0.25, 0.3) is 11.1 Å². The molecule has 0 spiro atoms. The van der Waals surface area contributed by atoms with Gasteiger partial charge in [-0.15, -0.1) is 0 Å². The fraction of sp³-hybridized carbons (Fsp3) is 0.192. The van der Waals surface area contributed by atoms with Crippen LogP contribution in [0, 0.1) is 5.92 Å². The molecule has 0 aliphatic rings. The molecule has 164 valence electrons. The van der Waals surface area contributed by atoms with Gasteiger partial charge in [0.05, 0.1) is 0 Å². The number of carbonyl (C=O) groups is 3. The average molecular weight is 430 g/mol. The third kappa shape index (κ3) is 6.28. The van der Waals surface area contributed by atoms with Crippen molar-refractivity contribution in [3.8, 4) is 11.1 Å². The normalized spacial score (nSPS) is 10.5. The van der Waals surface area contributed by atoms with Crippen molar-refractivity contribution in [3.63, 3.8) is 0 Å². The van der Waals surface area contributed by atoms with E-state index in [1.165, 1.54) is 0 Å². The van der Waals surface area contributed by atoms with Crippen LogP contribution in [0.2, 0.25) is 0 Å². The Labute approximate surface area is 188 Å². The molecule has 0 saturated heterocycles. The number of carbonyl (C=O) groups excluding carboxylic acids is 3. The van der Waals surface area contributed by atoms with Crippen molar-refractivity contribution in [2.45, 2.75) is 13.8 Å². The van der Waals surface area contributed by atoms with Crippen LogP contribution in [-0.2, 0) is 4.79 Å². The highest BCUT2D eigenvalue weighted by atomic mass is 16.2. The molecule has 3 rings (SSSR count). The first-order valence-electron chi connectivity index (χ1n) is 10.6. The molecule has 3 N–H and O–H groups in total. The third-order valence-corrected chi connectivity index (χ3v) is 4.89. The first-order chi connectivity index (χ1) is 15.4. The van der Waals surface area contributed by atoms with Crippen LogP contribution in [-0.4, -0.2) is 30.8 Å². The molecule has 0 aliphatic heterocycles. The van der Waals surface area contributed by atoms with Gasteiger partial charge in [0.1, 0.15) is 0 Å². The minimum absolute atomic E-state index is 0.0763. The molecule has 0 atom stereocenters. The van der Waals surface area contributed by atoms with Crippen LogP contribution in [0.3, 0.4) is 0 Å². The Kier molecular flexibility index (Phi) is 7.75. The first-order valence-corrected chi connectivity index (χ1v) is 10.6. The molecular weight excluding hydrogens is 402 g/mol. The molecule has 0 aliphatic carbocycles. The van der Waals surface area contributed by atoms with Crippen LogP contribution >= 0.6 is 0 Å². The van der Waals surface area contributed by atoms with Gasteiger partial charge in [-0.3, -0.25) is 14.4 Å². The van der Waals surface area contributed by atoms with E-state index in [9.17, 15) is 14.4 Å². The van der Waals surface area contributed by atoms with Gasteiger partial charge in [0.15, 0.2) is 0 Å². The van der Waals surface area contributed by atoms with E-state index in [1.54, 1.807) is 36.4 Å². The van der Waals surface area contributed by atoms with Gasteiger partial charge in [0.25, 0.3) is 11.8 Å². The van der Waals surface area contributed by atoms with Gasteiger partial charge in [0.2, 0.25) is 5.91 Å². The maximum atomic E-state index is 12.3. The summed E-state index contributed by atoms with van der Waals surface area (Å²) in [5.74, 6) is -0.625. The lowest BCUT2D eigenvalue weighted by molar-refractivity contribution is -0.118. The SMILES string of the molecule is CC(C)C(=O)Nc1ccc(C(=O)NCCNC(=O)c2ccc(-c3ccccc3)cc2)cc1. The Morgan fingerprint density at radius 1 is 0.656 bits per heavy atom. The Balaban J connectivity index is 1.43. The second-order valence-corrected chi connectivity index (χ2v) is 7.68. The molecule has 3 amide bonds. The lowest BCUT2D eigenvalue weighted by Crippen LogP contribution is -2.34. The lowest BCUT2D eigenvalue weighted by Gasteiger charge is -2.10. The van der Waals surface area contributed by atoms with E-state index in [-0.39, 0.29) is 23.6 Å². The molecule has 0 heterocycles. The van der Waals surface area contributed by atoms with E-state index in [0.29, 0.717) is 29.9 Å². The summed E-state index contributed by atoms with van der Waals surface area (Å²) in [6, 6.07) is 24.0. The Hall–Kier alpha value is -3.93. The molecule has 6 nitrogen and oxygen atoms in total. The van der Waals surface area contributed by atoms with Crippen LogP contribution < -0.4 is 16.0 Å². The molecule has 0 bridgehead atoms. The summed E-state index contributed by atoms with van der Waals surface area (Å²) in [4.78, 5) is 36.3. The maximum Gasteiger partial charge on any atom is 0.251 e. The van der Waals surface area contributed by atoms with Crippen LogP contribution in [0.5, 0.6) is 0 Å². The fourth-order valence-corrected chi connectivity index (χ4v) is 2.99. The molecule has 0 radical (unpaired) electrons. The second-order valence-electron chi connectivity index (χ2n) is 7.68. The standard InChI is InChI=1S/C26H27N3O3/c1-18(2)24(30)29-23-14-12-22(13-15-23)26(32)28-17-16-27-25(31)21-10-8-20(9-11-21)19-6-4-3-5-7-19/h3-15,18H,16-17H2,1-2H3,(H,27,31)(H,28,32)(H,29,30). The van der Waals surface area contributed by atoms with Gasteiger partial charge in [-0.05, 0) is 47.5 Å². The van der Waals surface area contributed by atoms with Crippen LogP contribution in [0.15, 0.2) is 78.9 Å². The molecular formula is C26H27N3O3. The smallest absolute Gasteiger partial charge is 0.251 e. The molecule has 32 heavy (non-hydrogen) atoms. The van der Waals surface area contributed by atoms with Crippen molar-refractivity contribution in [3.05, 3.63) is 90.0 Å². The van der Waals surface area contributed by atoms with E-state index >= 15 is 0 Å². The van der Waals surface area contributed by atoms with Crippen molar-refractivity contribution in [2.24, 2.45) is 5.92 Å². The predicted octanol–water partition coefficient (Wildman–Crippen LogP) is 4.11. The number of benzene rings is 3. The zero-order valence-electron chi connectivity index (χ0n) is 18.2. The van der Waals surface area contributed by atoms with Gasteiger partial charge in [-0.2, -0.15) is 0 Å². The number of amides is 3. The van der Waals surface area contributed by atoms with Crippen molar-refractivity contribution in [1.29, 1.82) is 0 Å². The third-order valence-electron chi connectivity index (χ3n) is 4.89. The van der Waals surface area contributed by atoms with Crippen LogP contribution in [0.1, 0.15) is 34.6 Å². The highest BCUT2D eigenvalue weighted by Crippen LogP contribution is 2.19. The van der Waals surface area contributed by atoms with Gasteiger partial charge >= 0.3 is 0 Å². The van der Waals surface area contributed by atoms with E-state index in [4.69, 9.17) is 0 Å². The van der Waals surface area contributed by atoms with E-state index in [1.807, 2.05) is 56.3 Å². The number of nitrogens with one attached hydrogen (secondary N) is 3. The zero-order chi connectivity index (χ0) is 22.9. The molecule has 0 saturated carbocycles. The Bertz CT molecular complexity index is 1060. The van der Waals surface area contributed by atoms with Crippen molar-refractivity contribution >= 4 is 23.4 Å². The largest absolute Gasteiger partial charge is 0.350 e. The van der Waals surface area contributed by atoms with Gasteiger partial charge in [-0.1, -0.05) is 56.3 Å². The van der Waals surface area contributed by atoms with Crippen molar-refractivity contribution < 1.29 is 14.4 Å². The predicted molar refractivity (Wildman–Crippen MR) is 126 cm³/mol. The number of hydrogen-bond donors (Lipinski definition) is 3. The molecule has 3 aromatic rings. The fourth-order valence-electron chi connectivity index (χ4n) is 2.99. The highest BCUT2D eigenvalue weighted by molar-refractivity contribution is 5.96. The highest BCUT2D eigenvalue weighted by Gasteiger charge is 2.09. The topological polar surface area (TPSA) is 87.3 Å². The van der Waals surface area contributed by atoms with E-state index < -0.39 is 0 Å². The number of hydrogen-bond acceptors (Lipinski definition) is 3. The summed E-state index contributed by atoms with van der Waals surface area (Å²) in [5.41, 5.74) is 3.83. The molecule has 0 fully saturated rings. The van der Waals surface area contributed by atoms with Crippen molar-refractivity contribution in [2.75, 3.05) is 18.4 Å². The number of anilines is 1. The van der Waals surface area contributed by atoms with E-state index in [2.05, 4.69) is 16.0 Å². The minimum Gasteiger partial charge on any atom is -0.350 e. The molecule has 6 heteroatoms. The van der Waals surface area contributed by atoms with Gasteiger partial charge in [0, 0.05) is 35.8 Å². The number of rotatable bonds is 8. The molecule has 0 aromatic heterocycles. The first kappa shape index (κ1) is 22.7. The summed E-state index contributed by atoms with van der Waals surface area (Å²) in [7, 11) is 0. The Morgan fingerprint density at radius 3 is 1.62 bits per heavy atom. The zero-order valence-corrected chi connectivity index (χ0v) is 18.2. The Morgan fingerprint density at radius 2 is 1.12 bits per heavy atom. The van der Waals surface area contributed by atoms with Gasteiger partial charge in [-0.25, -0.2) is 0 Å². The van der Waals surface area contributed by atoms with Crippen LogP contribution in [0.4, 0.5) is 5.69 Å².